The van der Waals surface area contributed by atoms with Gasteiger partial charge in [-0.25, -0.2) is 0 Å². The smallest absolute Gasteiger partial charge is 0.244 e. The zero-order valence-corrected chi connectivity index (χ0v) is 9.76. The van der Waals surface area contributed by atoms with Crippen LogP contribution in [0.4, 0.5) is 5.95 Å². The number of nitrogens with two attached hydrogens (primary N) is 1. The van der Waals surface area contributed by atoms with Crippen LogP contribution in [0.2, 0.25) is 0 Å². The third-order valence-corrected chi connectivity index (χ3v) is 3.19. The maximum absolute atomic E-state index is 5.85. The molecule has 0 unspecified atom stereocenters. The fraction of sp³-hybridized carbons (Fsp3) is 0.778. The van der Waals surface area contributed by atoms with Gasteiger partial charge in [-0.05, 0) is 19.1 Å². The molecule has 0 spiro atoms. The first-order valence-corrected chi connectivity index (χ1v) is 6.59. The summed E-state index contributed by atoms with van der Waals surface area (Å²) in [4.78, 5) is 6.64. The number of H-pyrrole nitrogens is 1. The van der Waals surface area contributed by atoms with Crippen molar-refractivity contribution in [2.24, 2.45) is 5.73 Å². The second-order valence-corrected chi connectivity index (χ2v) is 4.71. The number of piperidine rings is 1. The Labute approximate surface area is 93.8 Å². The predicted octanol–water partition coefficient (Wildman–Crippen LogP) is 0.595. The molecule has 0 saturated carbocycles. The fourth-order valence-electron chi connectivity index (χ4n) is 1.73. The van der Waals surface area contributed by atoms with E-state index >= 15 is 0 Å². The van der Waals surface area contributed by atoms with Gasteiger partial charge in [0, 0.05) is 19.1 Å². The molecule has 1 aliphatic rings. The van der Waals surface area contributed by atoms with E-state index in [9.17, 15) is 0 Å². The Morgan fingerprint density at radius 3 is 2.93 bits per heavy atom. The van der Waals surface area contributed by atoms with Crippen molar-refractivity contribution in [2.45, 2.75) is 24.6 Å². The van der Waals surface area contributed by atoms with Crippen LogP contribution in [0.25, 0.3) is 0 Å². The molecular formula is C9H17N5S. The largest absolute Gasteiger partial charge is 0.339 e. The van der Waals surface area contributed by atoms with Crippen molar-refractivity contribution in [3.8, 4) is 0 Å². The average Bonchev–Trinajstić information content (AvgIpc) is 2.68. The second-order valence-electron chi connectivity index (χ2n) is 3.84. The molecule has 1 saturated heterocycles. The zero-order chi connectivity index (χ0) is 10.7. The van der Waals surface area contributed by atoms with Gasteiger partial charge in [0.05, 0.1) is 5.75 Å². The van der Waals surface area contributed by atoms with Crippen molar-refractivity contribution < 1.29 is 0 Å². The Bertz CT molecular complexity index is 305. The summed E-state index contributed by atoms with van der Waals surface area (Å²) in [5, 5.41) is 7.18. The van der Waals surface area contributed by atoms with E-state index in [-0.39, 0.29) is 0 Å². The van der Waals surface area contributed by atoms with Crippen LogP contribution in [0, 0.1) is 0 Å². The van der Waals surface area contributed by atoms with Gasteiger partial charge < -0.3 is 10.6 Å². The number of aromatic amines is 1. The molecule has 6 heteroatoms. The molecule has 2 heterocycles. The highest BCUT2D eigenvalue weighted by atomic mass is 32.2. The van der Waals surface area contributed by atoms with Gasteiger partial charge in [-0.3, -0.25) is 5.10 Å². The summed E-state index contributed by atoms with van der Waals surface area (Å²) in [5.41, 5.74) is 5.85. The number of thioether (sulfide) groups is 1. The molecule has 84 valence electrons. The lowest BCUT2D eigenvalue weighted by Gasteiger charge is -2.28. The first-order chi connectivity index (χ1) is 7.29. The molecule has 0 bridgehead atoms. The van der Waals surface area contributed by atoms with Crippen LogP contribution < -0.4 is 10.6 Å². The SMILES string of the molecule is CSCc1nc(N2CCC(N)CC2)n[nH]1. The first kappa shape index (κ1) is 10.8. The maximum Gasteiger partial charge on any atom is 0.244 e. The second kappa shape index (κ2) is 4.85. The van der Waals surface area contributed by atoms with Crippen LogP contribution in [-0.2, 0) is 5.75 Å². The summed E-state index contributed by atoms with van der Waals surface area (Å²) in [5.74, 6) is 2.67. The zero-order valence-electron chi connectivity index (χ0n) is 8.94. The van der Waals surface area contributed by atoms with E-state index in [0.29, 0.717) is 6.04 Å². The lowest BCUT2D eigenvalue weighted by molar-refractivity contribution is 0.496. The molecule has 1 fully saturated rings. The Kier molecular flexibility index (Phi) is 3.48. The van der Waals surface area contributed by atoms with Crippen LogP contribution in [0.1, 0.15) is 18.7 Å². The Balaban J connectivity index is 1.96. The fourth-order valence-corrected chi connectivity index (χ4v) is 2.13. The molecule has 0 aliphatic carbocycles. The summed E-state index contributed by atoms with van der Waals surface area (Å²) in [6.45, 7) is 1.94. The van der Waals surface area contributed by atoms with Crippen molar-refractivity contribution in [2.75, 3.05) is 24.2 Å². The normalized spacial score (nSPS) is 18.4. The predicted molar refractivity (Wildman–Crippen MR) is 63.0 cm³/mol. The van der Waals surface area contributed by atoms with Crippen LogP contribution in [-0.4, -0.2) is 40.6 Å². The lowest BCUT2D eigenvalue weighted by atomic mass is 10.1. The standard InChI is InChI=1S/C9H17N5S/c1-15-6-8-11-9(13-12-8)14-4-2-7(10)3-5-14/h7H,2-6,10H2,1H3,(H,11,12,13). The monoisotopic (exact) mass is 227 g/mol. The van der Waals surface area contributed by atoms with Crippen molar-refractivity contribution in [3.63, 3.8) is 0 Å². The molecule has 1 aromatic heterocycles. The van der Waals surface area contributed by atoms with Crippen molar-refractivity contribution in [1.29, 1.82) is 0 Å². The van der Waals surface area contributed by atoms with Gasteiger partial charge in [0.2, 0.25) is 5.95 Å². The first-order valence-electron chi connectivity index (χ1n) is 5.20. The summed E-state index contributed by atoms with van der Waals surface area (Å²) >= 11 is 1.74. The van der Waals surface area contributed by atoms with Gasteiger partial charge in [-0.15, -0.1) is 5.10 Å². The van der Waals surface area contributed by atoms with E-state index < -0.39 is 0 Å². The molecule has 0 amide bonds. The number of hydrogen-bond acceptors (Lipinski definition) is 5. The molecule has 2 rings (SSSR count). The molecule has 15 heavy (non-hydrogen) atoms. The molecule has 5 nitrogen and oxygen atoms in total. The third-order valence-electron chi connectivity index (χ3n) is 2.62. The van der Waals surface area contributed by atoms with Gasteiger partial charge in [-0.2, -0.15) is 16.7 Å². The molecule has 3 N–H and O–H groups in total. The van der Waals surface area contributed by atoms with Crippen LogP contribution in [0.5, 0.6) is 0 Å². The Morgan fingerprint density at radius 1 is 1.53 bits per heavy atom. The van der Waals surface area contributed by atoms with Crippen LogP contribution >= 0.6 is 11.8 Å². The molecule has 0 aromatic carbocycles. The van der Waals surface area contributed by atoms with E-state index in [2.05, 4.69) is 26.3 Å². The van der Waals surface area contributed by atoms with E-state index in [1.807, 2.05) is 0 Å². The van der Waals surface area contributed by atoms with Gasteiger partial charge in [0.25, 0.3) is 0 Å². The highest BCUT2D eigenvalue weighted by Crippen LogP contribution is 2.15. The average molecular weight is 227 g/mol. The van der Waals surface area contributed by atoms with Gasteiger partial charge in [0.1, 0.15) is 5.82 Å². The third kappa shape index (κ3) is 2.63. The minimum atomic E-state index is 0.353. The van der Waals surface area contributed by atoms with Gasteiger partial charge in [0.15, 0.2) is 0 Å². The van der Waals surface area contributed by atoms with Crippen LogP contribution in [0.3, 0.4) is 0 Å². The lowest BCUT2D eigenvalue weighted by Crippen LogP contribution is -2.40. The summed E-state index contributed by atoms with van der Waals surface area (Å²) < 4.78 is 0. The topological polar surface area (TPSA) is 70.8 Å². The van der Waals surface area contributed by atoms with E-state index in [1.54, 1.807) is 11.8 Å². The number of aromatic nitrogens is 3. The van der Waals surface area contributed by atoms with Crippen molar-refractivity contribution in [1.82, 2.24) is 15.2 Å². The minimum Gasteiger partial charge on any atom is -0.339 e. The summed E-state index contributed by atoms with van der Waals surface area (Å²) in [6.07, 6.45) is 4.13. The van der Waals surface area contributed by atoms with E-state index in [4.69, 9.17) is 5.73 Å². The minimum absolute atomic E-state index is 0.353. The molecule has 1 aromatic rings. The highest BCUT2D eigenvalue weighted by molar-refractivity contribution is 7.97. The Morgan fingerprint density at radius 2 is 2.27 bits per heavy atom. The number of nitrogens with zero attached hydrogens (tertiary/aromatic N) is 3. The van der Waals surface area contributed by atoms with E-state index in [0.717, 1.165) is 43.5 Å². The number of anilines is 1. The summed E-state index contributed by atoms with van der Waals surface area (Å²) in [7, 11) is 0. The van der Waals surface area contributed by atoms with Crippen molar-refractivity contribution in [3.05, 3.63) is 5.82 Å². The van der Waals surface area contributed by atoms with Gasteiger partial charge in [-0.1, -0.05) is 0 Å². The van der Waals surface area contributed by atoms with Crippen LogP contribution in [0.15, 0.2) is 0 Å². The van der Waals surface area contributed by atoms with Gasteiger partial charge >= 0.3 is 0 Å². The quantitative estimate of drug-likeness (QED) is 0.791. The number of hydrogen-bond donors (Lipinski definition) is 2. The molecule has 0 radical (unpaired) electrons. The van der Waals surface area contributed by atoms with Crippen molar-refractivity contribution >= 4 is 17.7 Å². The highest BCUT2D eigenvalue weighted by Gasteiger charge is 2.19. The molecule has 1 aliphatic heterocycles. The molecular weight excluding hydrogens is 210 g/mol. The number of rotatable bonds is 3. The summed E-state index contributed by atoms with van der Waals surface area (Å²) in [6, 6.07) is 0.353. The maximum atomic E-state index is 5.85. The Hall–Kier alpha value is -0.750. The number of nitrogens with one attached hydrogen (secondary N) is 1. The van der Waals surface area contributed by atoms with E-state index in [1.165, 1.54) is 0 Å². The molecule has 0 atom stereocenters.